The summed E-state index contributed by atoms with van der Waals surface area (Å²) in [6.45, 7) is 3.95. The fraction of sp³-hybridized carbons (Fsp3) is 0.385. The molecule has 1 amide bonds. The van der Waals surface area contributed by atoms with E-state index in [-0.39, 0.29) is 29.8 Å². The first-order valence-electron chi connectivity index (χ1n) is 6.23. The number of phenolic OH excluding ortho intramolecular Hbond substituents is 1. The van der Waals surface area contributed by atoms with Gasteiger partial charge in [0.15, 0.2) is 5.84 Å². The van der Waals surface area contributed by atoms with Crippen molar-refractivity contribution in [1.29, 1.82) is 0 Å². The quantitative estimate of drug-likeness (QED) is 0.820. The number of phenols is 1. The number of hydrazone groups is 1. The molecule has 7 heteroatoms. The number of amides is 1. The average Bonchev–Trinajstić information content (AvgIpc) is 2.41. The molecule has 106 valence electrons. The Labute approximate surface area is 116 Å². The van der Waals surface area contributed by atoms with Gasteiger partial charge in [0.25, 0.3) is 0 Å². The number of rotatable bonds is 3. The minimum absolute atomic E-state index is 0.0557. The zero-order valence-electron chi connectivity index (χ0n) is 11.5. The van der Waals surface area contributed by atoms with Crippen LogP contribution in [0.2, 0.25) is 0 Å². The molecule has 0 saturated carbocycles. The molecule has 0 radical (unpaired) electrons. The zero-order chi connectivity index (χ0) is 14.9. The summed E-state index contributed by atoms with van der Waals surface area (Å²) in [6, 6.07) is 2.94. The lowest BCUT2D eigenvalue weighted by Gasteiger charge is -2.25. The van der Waals surface area contributed by atoms with Crippen LogP contribution in [-0.4, -0.2) is 35.3 Å². The number of hydrogen-bond donors (Lipinski definition) is 2. The van der Waals surface area contributed by atoms with Crippen LogP contribution in [-0.2, 0) is 4.79 Å². The second-order valence-corrected chi connectivity index (χ2v) is 4.90. The molecule has 1 aromatic carbocycles. The van der Waals surface area contributed by atoms with Gasteiger partial charge in [-0.1, -0.05) is 13.8 Å². The Morgan fingerprint density at radius 2 is 2.15 bits per heavy atom. The lowest BCUT2D eigenvalue weighted by molar-refractivity contribution is -0.126. The second-order valence-electron chi connectivity index (χ2n) is 4.90. The summed E-state index contributed by atoms with van der Waals surface area (Å²) >= 11 is 0. The third-order valence-electron chi connectivity index (χ3n) is 3.21. The Morgan fingerprint density at radius 3 is 2.75 bits per heavy atom. The summed E-state index contributed by atoms with van der Waals surface area (Å²) in [7, 11) is 1.59. The topological polar surface area (TPSA) is 94.4 Å². The van der Waals surface area contributed by atoms with E-state index in [4.69, 9.17) is 0 Å². The largest absolute Gasteiger partial charge is 0.507 e. The maximum atomic E-state index is 11.7. The molecule has 2 rings (SSSR count). The molecule has 20 heavy (non-hydrogen) atoms. The number of carbonyl (C=O) groups excluding carboxylic acids is 1. The van der Waals surface area contributed by atoms with Gasteiger partial charge < -0.3 is 5.11 Å². The summed E-state index contributed by atoms with van der Waals surface area (Å²) < 4.78 is 0. The third kappa shape index (κ3) is 2.34. The van der Waals surface area contributed by atoms with Gasteiger partial charge in [0.2, 0.25) is 5.91 Å². The van der Waals surface area contributed by atoms with Gasteiger partial charge in [0.1, 0.15) is 18.0 Å². The Morgan fingerprint density at radius 1 is 1.45 bits per heavy atom. The number of nitrogens with one attached hydrogen (secondary N) is 1. The van der Waals surface area contributed by atoms with Crippen LogP contribution in [0, 0.1) is 4.91 Å². The minimum Gasteiger partial charge on any atom is -0.507 e. The zero-order valence-corrected chi connectivity index (χ0v) is 11.5. The first kappa shape index (κ1) is 14.0. The Kier molecular flexibility index (Phi) is 3.69. The van der Waals surface area contributed by atoms with E-state index < -0.39 is 0 Å². The predicted octanol–water partition coefficient (Wildman–Crippen LogP) is 1.64. The van der Waals surface area contributed by atoms with Gasteiger partial charge in [-0.2, -0.15) is 5.10 Å². The number of amidine groups is 1. The molecule has 1 aliphatic heterocycles. The molecule has 1 aliphatic rings. The van der Waals surface area contributed by atoms with Crippen molar-refractivity contribution in [2.45, 2.75) is 19.8 Å². The average molecular weight is 276 g/mol. The van der Waals surface area contributed by atoms with Crippen LogP contribution in [0.4, 0.5) is 5.69 Å². The number of nitrogens with zero attached hydrogens (tertiary/aromatic N) is 3. The summed E-state index contributed by atoms with van der Waals surface area (Å²) in [6.07, 6.45) is 0. The van der Waals surface area contributed by atoms with Crippen molar-refractivity contribution in [1.82, 2.24) is 10.3 Å². The van der Waals surface area contributed by atoms with E-state index in [2.05, 4.69) is 15.7 Å². The van der Waals surface area contributed by atoms with Crippen molar-refractivity contribution >= 4 is 17.4 Å². The number of hydrogen-bond acceptors (Lipinski definition) is 6. The monoisotopic (exact) mass is 276 g/mol. The van der Waals surface area contributed by atoms with E-state index in [0.717, 1.165) is 0 Å². The number of carbonyl (C=O) groups is 1. The first-order valence-corrected chi connectivity index (χ1v) is 6.23. The van der Waals surface area contributed by atoms with E-state index in [1.807, 2.05) is 13.8 Å². The third-order valence-corrected chi connectivity index (χ3v) is 3.21. The van der Waals surface area contributed by atoms with Gasteiger partial charge in [0, 0.05) is 13.1 Å². The van der Waals surface area contributed by atoms with Gasteiger partial charge >= 0.3 is 0 Å². The number of likely N-dealkylation sites (N-methyl/N-ethyl adjacent to an activating group) is 1. The van der Waals surface area contributed by atoms with E-state index in [1.165, 1.54) is 11.0 Å². The summed E-state index contributed by atoms with van der Waals surface area (Å²) in [5, 5.41) is 17.0. The van der Waals surface area contributed by atoms with Crippen LogP contribution in [0.3, 0.4) is 0 Å². The second kappa shape index (κ2) is 5.28. The fourth-order valence-electron chi connectivity index (χ4n) is 2.05. The summed E-state index contributed by atoms with van der Waals surface area (Å²) in [4.78, 5) is 23.8. The molecule has 0 bridgehead atoms. The number of aromatic hydroxyl groups is 1. The van der Waals surface area contributed by atoms with E-state index in [9.17, 15) is 14.8 Å². The molecule has 0 atom stereocenters. The van der Waals surface area contributed by atoms with Crippen molar-refractivity contribution in [3.8, 4) is 5.75 Å². The molecule has 0 aliphatic carbocycles. The Balaban J connectivity index is 2.57. The van der Waals surface area contributed by atoms with E-state index in [0.29, 0.717) is 17.0 Å². The Bertz CT molecular complexity index is 596. The number of benzene rings is 1. The van der Waals surface area contributed by atoms with E-state index >= 15 is 0 Å². The van der Waals surface area contributed by atoms with Crippen LogP contribution >= 0.6 is 0 Å². The van der Waals surface area contributed by atoms with Crippen molar-refractivity contribution in [3.63, 3.8) is 0 Å². The van der Waals surface area contributed by atoms with Crippen molar-refractivity contribution in [2.24, 2.45) is 10.3 Å². The predicted molar refractivity (Wildman–Crippen MR) is 75.0 cm³/mol. The van der Waals surface area contributed by atoms with Gasteiger partial charge in [-0.05, 0) is 22.7 Å². The van der Waals surface area contributed by atoms with Crippen LogP contribution in [0.25, 0.3) is 0 Å². The highest BCUT2D eigenvalue weighted by atomic mass is 16.3. The van der Waals surface area contributed by atoms with E-state index in [1.54, 1.807) is 13.1 Å². The van der Waals surface area contributed by atoms with Crippen molar-refractivity contribution in [2.75, 3.05) is 13.6 Å². The molecule has 0 saturated heterocycles. The van der Waals surface area contributed by atoms with Gasteiger partial charge in [0.05, 0.1) is 5.56 Å². The molecular formula is C13H16N4O3. The molecule has 0 unspecified atom stereocenters. The van der Waals surface area contributed by atoms with Gasteiger partial charge in [-0.15, -0.1) is 4.91 Å². The highest BCUT2D eigenvalue weighted by Gasteiger charge is 2.24. The molecule has 0 fully saturated rings. The normalized spacial score (nSPS) is 15.1. The van der Waals surface area contributed by atoms with Crippen LogP contribution in [0.15, 0.2) is 22.4 Å². The molecule has 1 heterocycles. The standard InChI is InChI=1S/C13H16N4O3/c1-7(2)8-4-9(11(18)5-10(8)16-20)13-15-14-6-12(19)17(13)3/h4-5,7,14,18H,6H2,1-3H3. The van der Waals surface area contributed by atoms with Crippen LogP contribution in [0.5, 0.6) is 5.75 Å². The van der Waals surface area contributed by atoms with Gasteiger partial charge in [-0.25, -0.2) is 0 Å². The van der Waals surface area contributed by atoms with Crippen molar-refractivity contribution < 1.29 is 9.90 Å². The smallest absolute Gasteiger partial charge is 0.248 e. The lowest BCUT2D eigenvalue weighted by Crippen LogP contribution is -2.44. The minimum atomic E-state index is -0.155. The molecule has 7 nitrogen and oxygen atoms in total. The highest BCUT2D eigenvalue weighted by molar-refractivity contribution is 6.10. The lowest BCUT2D eigenvalue weighted by atomic mass is 9.97. The SMILES string of the molecule is CC(C)c1cc(C2=NNCC(=O)N2C)c(O)cc1N=O. The summed E-state index contributed by atoms with van der Waals surface area (Å²) in [5.41, 5.74) is 3.90. The molecule has 0 spiro atoms. The molecule has 1 aromatic rings. The maximum absolute atomic E-state index is 11.7. The highest BCUT2D eigenvalue weighted by Crippen LogP contribution is 2.34. The van der Waals surface area contributed by atoms with Gasteiger partial charge in [-0.3, -0.25) is 15.1 Å². The molecule has 2 N–H and O–H groups in total. The van der Waals surface area contributed by atoms with Crippen molar-refractivity contribution in [3.05, 3.63) is 28.2 Å². The van der Waals surface area contributed by atoms with Crippen LogP contribution < -0.4 is 5.43 Å². The first-order chi connectivity index (χ1) is 9.45. The number of nitroso groups, excluding NO2 is 1. The maximum Gasteiger partial charge on any atom is 0.248 e. The Hall–Kier alpha value is -2.44. The fourth-order valence-corrected chi connectivity index (χ4v) is 2.05. The van der Waals surface area contributed by atoms with Crippen LogP contribution in [0.1, 0.15) is 30.9 Å². The summed E-state index contributed by atoms with van der Waals surface area (Å²) in [5.74, 6) is 0.0856. The molecular weight excluding hydrogens is 260 g/mol. The molecule has 0 aromatic heterocycles.